The Kier molecular flexibility index (Phi) is 6.28. The topological polar surface area (TPSA) is 74.6 Å². The van der Waals surface area contributed by atoms with Gasteiger partial charge in [0.2, 0.25) is 0 Å². The third kappa shape index (κ3) is 4.23. The summed E-state index contributed by atoms with van der Waals surface area (Å²) >= 11 is 0. The molecule has 0 amide bonds. The van der Waals surface area contributed by atoms with Crippen molar-refractivity contribution in [3.63, 3.8) is 0 Å². The molecule has 3 aromatic rings. The summed E-state index contributed by atoms with van der Waals surface area (Å²) in [6, 6.07) is 17.6. The summed E-state index contributed by atoms with van der Waals surface area (Å²) < 4.78 is 0. The average molecular weight is 398 g/mol. The van der Waals surface area contributed by atoms with Crippen molar-refractivity contribution < 1.29 is 19.8 Å². The molecule has 4 nitrogen and oxygen atoms in total. The number of hydrogen-bond acceptors (Lipinski definition) is 2. The van der Waals surface area contributed by atoms with Crippen molar-refractivity contribution >= 4 is 11.9 Å². The molecule has 0 unspecified atom stereocenters. The lowest BCUT2D eigenvalue weighted by Gasteiger charge is -2.16. The number of aromatic carboxylic acids is 2. The number of rotatable bonds is 8. The van der Waals surface area contributed by atoms with Gasteiger partial charge in [0.05, 0.1) is 11.1 Å². The summed E-state index contributed by atoms with van der Waals surface area (Å²) in [7, 11) is 0. The standard InChI is InChI=1S/C26H22O4/c1-3-7-17-11-13-21(25(27)28)23(15-17)19-9-5-6-10-20(19)24-16-18(8-4-2)12-14-22(24)26(29)30/h3-6,9-16H,1-2,7-8H2,(H,27,28)(H,29,30). The maximum Gasteiger partial charge on any atom is 0.336 e. The first kappa shape index (κ1) is 20.8. The molecule has 3 aromatic carbocycles. The predicted octanol–water partition coefficient (Wildman–Crippen LogP) is 5.87. The van der Waals surface area contributed by atoms with E-state index >= 15 is 0 Å². The predicted molar refractivity (Wildman–Crippen MR) is 119 cm³/mol. The molecule has 3 rings (SSSR count). The molecule has 0 bridgehead atoms. The average Bonchev–Trinajstić information content (AvgIpc) is 2.74. The molecular formula is C26H22O4. The molecule has 0 aromatic heterocycles. The first-order chi connectivity index (χ1) is 14.5. The van der Waals surface area contributed by atoms with Crippen molar-refractivity contribution in [2.24, 2.45) is 0 Å². The van der Waals surface area contributed by atoms with Crippen molar-refractivity contribution in [1.29, 1.82) is 0 Å². The molecule has 0 saturated heterocycles. The molecule has 0 saturated carbocycles. The SMILES string of the molecule is C=CCc1ccc(C(=O)O)c(-c2ccccc2-c2cc(CC=C)ccc2C(=O)O)c1. The van der Waals surface area contributed by atoms with Gasteiger partial charge in [-0.1, -0.05) is 48.6 Å². The van der Waals surface area contributed by atoms with Crippen LogP contribution in [-0.2, 0) is 12.8 Å². The van der Waals surface area contributed by atoms with Crippen molar-refractivity contribution in [3.05, 3.63) is 108 Å². The van der Waals surface area contributed by atoms with Crippen LogP contribution in [-0.4, -0.2) is 22.2 Å². The second-order valence-corrected chi connectivity index (χ2v) is 6.90. The summed E-state index contributed by atoms with van der Waals surface area (Å²) in [6.07, 6.45) is 4.72. The minimum absolute atomic E-state index is 0.161. The van der Waals surface area contributed by atoms with E-state index in [1.807, 2.05) is 36.4 Å². The zero-order valence-corrected chi connectivity index (χ0v) is 16.5. The second-order valence-electron chi connectivity index (χ2n) is 6.90. The van der Waals surface area contributed by atoms with Crippen LogP contribution in [0.4, 0.5) is 0 Å². The van der Waals surface area contributed by atoms with Crippen LogP contribution in [0.25, 0.3) is 22.3 Å². The highest BCUT2D eigenvalue weighted by atomic mass is 16.4. The van der Waals surface area contributed by atoms with Gasteiger partial charge in [-0.25, -0.2) is 9.59 Å². The Bertz CT molecular complexity index is 1050. The molecule has 0 heterocycles. The van der Waals surface area contributed by atoms with Crippen LogP contribution in [0.2, 0.25) is 0 Å². The number of allylic oxidation sites excluding steroid dienone is 2. The van der Waals surface area contributed by atoms with E-state index in [2.05, 4.69) is 13.2 Å². The number of carboxylic acids is 2. The summed E-state index contributed by atoms with van der Waals surface area (Å²) in [5.41, 5.74) is 4.60. The molecular weight excluding hydrogens is 376 g/mol. The van der Waals surface area contributed by atoms with Gasteiger partial charge >= 0.3 is 11.9 Å². The molecule has 0 radical (unpaired) electrons. The van der Waals surface area contributed by atoms with Gasteiger partial charge in [0.25, 0.3) is 0 Å². The van der Waals surface area contributed by atoms with Gasteiger partial charge in [0, 0.05) is 0 Å². The van der Waals surface area contributed by atoms with Crippen molar-refractivity contribution in [2.45, 2.75) is 12.8 Å². The minimum Gasteiger partial charge on any atom is -0.478 e. The zero-order chi connectivity index (χ0) is 21.7. The third-order valence-corrected chi connectivity index (χ3v) is 4.90. The van der Waals surface area contributed by atoms with Crippen LogP contribution in [0.1, 0.15) is 31.8 Å². The van der Waals surface area contributed by atoms with E-state index in [4.69, 9.17) is 0 Å². The van der Waals surface area contributed by atoms with Gasteiger partial charge in [0.15, 0.2) is 0 Å². The fourth-order valence-corrected chi connectivity index (χ4v) is 3.54. The van der Waals surface area contributed by atoms with Gasteiger partial charge in [0.1, 0.15) is 0 Å². The fourth-order valence-electron chi connectivity index (χ4n) is 3.54. The lowest BCUT2D eigenvalue weighted by atomic mass is 9.87. The van der Waals surface area contributed by atoms with Crippen LogP contribution in [0.5, 0.6) is 0 Å². The summed E-state index contributed by atoms with van der Waals surface area (Å²) in [6.45, 7) is 7.50. The maximum atomic E-state index is 11.9. The molecule has 30 heavy (non-hydrogen) atoms. The Hall–Kier alpha value is -3.92. The third-order valence-electron chi connectivity index (χ3n) is 4.90. The zero-order valence-electron chi connectivity index (χ0n) is 16.5. The lowest BCUT2D eigenvalue weighted by Crippen LogP contribution is -2.04. The molecule has 0 aliphatic heterocycles. The number of carboxylic acid groups (broad SMARTS) is 2. The first-order valence-electron chi connectivity index (χ1n) is 9.50. The normalized spacial score (nSPS) is 10.4. The van der Waals surface area contributed by atoms with Crippen molar-refractivity contribution in [1.82, 2.24) is 0 Å². The maximum absolute atomic E-state index is 11.9. The van der Waals surface area contributed by atoms with Crippen LogP contribution in [0, 0.1) is 0 Å². The Balaban J connectivity index is 2.32. The Morgan fingerprint density at radius 1 is 0.667 bits per heavy atom. The van der Waals surface area contributed by atoms with Crippen molar-refractivity contribution in [2.75, 3.05) is 0 Å². The van der Waals surface area contributed by atoms with Gasteiger partial charge in [-0.2, -0.15) is 0 Å². The fraction of sp³-hybridized carbons (Fsp3) is 0.0769. The van der Waals surface area contributed by atoms with E-state index in [9.17, 15) is 19.8 Å². The highest BCUT2D eigenvalue weighted by Crippen LogP contribution is 2.37. The minimum atomic E-state index is -1.04. The van der Waals surface area contributed by atoms with Crippen LogP contribution in [0.15, 0.2) is 86.0 Å². The molecule has 150 valence electrons. The van der Waals surface area contributed by atoms with Crippen LogP contribution in [0.3, 0.4) is 0 Å². The van der Waals surface area contributed by atoms with E-state index < -0.39 is 11.9 Å². The Morgan fingerprint density at radius 3 is 1.40 bits per heavy atom. The molecule has 4 heteroatoms. The van der Waals surface area contributed by atoms with E-state index in [0.717, 1.165) is 11.1 Å². The first-order valence-corrected chi connectivity index (χ1v) is 9.50. The lowest BCUT2D eigenvalue weighted by molar-refractivity contribution is 0.0686. The highest BCUT2D eigenvalue weighted by molar-refractivity contribution is 6.02. The van der Waals surface area contributed by atoms with Crippen LogP contribution < -0.4 is 0 Å². The van der Waals surface area contributed by atoms with Crippen molar-refractivity contribution in [3.8, 4) is 22.3 Å². The highest BCUT2D eigenvalue weighted by Gasteiger charge is 2.19. The largest absolute Gasteiger partial charge is 0.478 e. The van der Waals surface area contributed by atoms with E-state index in [0.29, 0.717) is 35.1 Å². The number of carbonyl (C=O) groups is 2. The van der Waals surface area contributed by atoms with Gasteiger partial charge in [-0.15, -0.1) is 13.2 Å². The quantitative estimate of drug-likeness (QED) is 0.465. The molecule has 0 fully saturated rings. The van der Waals surface area contributed by atoms with Gasteiger partial charge < -0.3 is 10.2 Å². The summed E-state index contributed by atoms with van der Waals surface area (Å²) in [4.78, 5) is 23.8. The summed E-state index contributed by atoms with van der Waals surface area (Å²) in [5, 5.41) is 19.5. The van der Waals surface area contributed by atoms with E-state index in [-0.39, 0.29) is 11.1 Å². The van der Waals surface area contributed by atoms with E-state index in [1.165, 1.54) is 0 Å². The summed E-state index contributed by atoms with van der Waals surface area (Å²) in [5.74, 6) is -2.08. The molecule has 0 atom stereocenters. The molecule has 0 aliphatic carbocycles. The Labute approximate surface area is 175 Å². The smallest absolute Gasteiger partial charge is 0.336 e. The van der Waals surface area contributed by atoms with Gasteiger partial charge in [-0.3, -0.25) is 0 Å². The van der Waals surface area contributed by atoms with Crippen LogP contribution >= 0.6 is 0 Å². The molecule has 0 aliphatic rings. The Morgan fingerprint density at radius 2 is 1.07 bits per heavy atom. The number of benzene rings is 3. The van der Waals surface area contributed by atoms with Gasteiger partial charge in [-0.05, 0) is 70.5 Å². The second kappa shape index (κ2) is 9.05. The monoisotopic (exact) mass is 398 g/mol. The van der Waals surface area contributed by atoms with E-state index in [1.54, 1.807) is 36.4 Å². The number of hydrogen-bond donors (Lipinski definition) is 2. The molecule has 0 spiro atoms. The molecule has 2 N–H and O–H groups in total.